The smallest absolute Gasteiger partial charge is 0.264 e. The van der Waals surface area contributed by atoms with Gasteiger partial charge in [0.2, 0.25) is 0 Å². The molecule has 0 unspecified atom stereocenters. The Hall–Kier alpha value is -0.260. The molecular weight excluding hydrogens is 324 g/mol. The summed E-state index contributed by atoms with van der Waals surface area (Å²) in [6.45, 7) is 3.34. The van der Waals surface area contributed by atoms with Crippen molar-refractivity contribution in [3.8, 4) is 0 Å². The lowest BCUT2D eigenvalue weighted by Crippen LogP contribution is -2.38. The number of hydrogen-bond acceptors (Lipinski definition) is 8. The quantitative estimate of drug-likeness (QED) is 0.389. The molecule has 0 N–H and O–H groups in total. The molecule has 8 nitrogen and oxygen atoms in total. The Balaban J connectivity index is 4.88. The van der Waals surface area contributed by atoms with Crippen molar-refractivity contribution in [3.05, 3.63) is 0 Å². The lowest BCUT2D eigenvalue weighted by Gasteiger charge is -2.28. The summed E-state index contributed by atoms with van der Waals surface area (Å²) in [7, 11) is -5.82. The second-order valence-electron chi connectivity index (χ2n) is 4.94. The summed E-state index contributed by atoms with van der Waals surface area (Å²) in [6.07, 6.45) is 0.586. The molecule has 0 radical (unpaired) electrons. The third-order valence-electron chi connectivity index (χ3n) is 2.41. The van der Waals surface area contributed by atoms with Gasteiger partial charge in [-0.1, -0.05) is 13.8 Å². The fourth-order valence-electron chi connectivity index (χ4n) is 1.62. The minimum atomic E-state index is -3.67. The van der Waals surface area contributed by atoms with E-state index in [2.05, 4.69) is 4.18 Å². The Labute approximate surface area is 127 Å². The van der Waals surface area contributed by atoms with E-state index in [0.717, 1.165) is 12.5 Å². The maximum Gasteiger partial charge on any atom is 0.264 e. The fraction of sp³-hybridized carbons (Fsp3) is 1.00. The average molecular weight is 348 g/mol. The third-order valence-corrected chi connectivity index (χ3v) is 3.58. The van der Waals surface area contributed by atoms with Gasteiger partial charge < -0.3 is 9.47 Å². The highest BCUT2D eigenvalue weighted by Gasteiger charge is 2.30. The molecule has 0 saturated carbocycles. The molecule has 0 bridgehead atoms. The fourth-order valence-corrected chi connectivity index (χ4v) is 2.77. The van der Waals surface area contributed by atoms with Crippen LogP contribution in [0.25, 0.3) is 0 Å². The Morgan fingerprint density at radius 1 is 1.00 bits per heavy atom. The van der Waals surface area contributed by atoms with E-state index in [-0.39, 0.29) is 25.7 Å². The predicted octanol–water partition coefficient (Wildman–Crippen LogP) is 0.343. The van der Waals surface area contributed by atoms with Gasteiger partial charge in [-0.2, -0.15) is 16.8 Å². The van der Waals surface area contributed by atoms with E-state index < -0.39 is 32.4 Å². The van der Waals surface area contributed by atoms with Crippen LogP contribution < -0.4 is 0 Å². The minimum absolute atomic E-state index is 0.0696. The summed E-state index contributed by atoms with van der Waals surface area (Å²) in [6, 6.07) is 0. The van der Waals surface area contributed by atoms with Gasteiger partial charge in [-0.15, -0.1) is 0 Å². The van der Waals surface area contributed by atoms with Crippen molar-refractivity contribution in [2.75, 3.05) is 33.0 Å². The summed E-state index contributed by atoms with van der Waals surface area (Å²) >= 11 is 0. The van der Waals surface area contributed by atoms with Crippen LogP contribution in [0, 0.1) is 5.92 Å². The van der Waals surface area contributed by atoms with Crippen LogP contribution in [-0.4, -0.2) is 62.1 Å². The molecule has 0 aromatic carbocycles. The van der Waals surface area contributed by atoms with Gasteiger partial charge in [0.1, 0.15) is 12.9 Å². The van der Waals surface area contributed by atoms with Crippen molar-refractivity contribution in [3.63, 3.8) is 0 Å². The molecule has 0 heterocycles. The van der Waals surface area contributed by atoms with E-state index in [4.69, 9.17) is 13.7 Å². The molecule has 2 atom stereocenters. The minimum Gasteiger partial charge on any atom is -0.359 e. The van der Waals surface area contributed by atoms with Gasteiger partial charge in [0.25, 0.3) is 20.2 Å². The zero-order valence-corrected chi connectivity index (χ0v) is 14.6. The second kappa shape index (κ2) is 9.01. The number of hydrogen-bond donors (Lipinski definition) is 0. The van der Waals surface area contributed by atoms with Gasteiger partial charge in [0.05, 0.1) is 25.2 Å². The van der Waals surface area contributed by atoms with E-state index in [1.54, 1.807) is 13.8 Å². The lowest BCUT2D eigenvalue weighted by atomic mass is 10.00. The summed E-state index contributed by atoms with van der Waals surface area (Å²) in [5.41, 5.74) is 0. The molecule has 0 spiro atoms. The first-order valence-electron chi connectivity index (χ1n) is 6.29. The largest absolute Gasteiger partial charge is 0.359 e. The maximum absolute atomic E-state index is 11.3. The van der Waals surface area contributed by atoms with Gasteiger partial charge in [-0.3, -0.25) is 8.37 Å². The van der Waals surface area contributed by atoms with E-state index in [1.165, 1.54) is 7.11 Å². The van der Waals surface area contributed by atoms with Crippen LogP contribution >= 0.6 is 0 Å². The number of rotatable bonds is 11. The number of ether oxygens (including phenoxy) is 2. The average Bonchev–Trinajstić information content (AvgIpc) is 2.28. The maximum atomic E-state index is 11.3. The molecular formula is C11H24O8S2. The Morgan fingerprint density at radius 2 is 1.57 bits per heavy atom. The van der Waals surface area contributed by atoms with Crippen LogP contribution in [0.4, 0.5) is 0 Å². The zero-order chi connectivity index (χ0) is 16.7. The van der Waals surface area contributed by atoms with E-state index >= 15 is 0 Å². The molecule has 21 heavy (non-hydrogen) atoms. The van der Waals surface area contributed by atoms with Crippen LogP contribution in [-0.2, 0) is 38.1 Å². The summed E-state index contributed by atoms with van der Waals surface area (Å²) in [4.78, 5) is 0. The van der Waals surface area contributed by atoms with Crippen LogP contribution in [0.2, 0.25) is 0 Å². The van der Waals surface area contributed by atoms with Gasteiger partial charge >= 0.3 is 0 Å². The van der Waals surface area contributed by atoms with Gasteiger partial charge in [0, 0.05) is 13.5 Å². The second-order valence-corrected chi connectivity index (χ2v) is 8.18. The molecule has 10 heteroatoms. The van der Waals surface area contributed by atoms with Crippen molar-refractivity contribution in [2.45, 2.75) is 32.5 Å². The van der Waals surface area contributed by atoms with Gasteiger partial charge in [-0.05, 0) is 5.92 Å². The van der Waals surface area contributed by atoms with Gasteiger partial charge in [-0.25, -0.2) is 0 Å². The molecule has 0 aliphatic heterocycles. The zero-order valence-electron chi connectivity index (χ0n) is 12.9. The first-order chi connectivity index (χ1) is 9.46. The highest BCUT2D eigenvalue weighted by molar-refractivity contribution is 7.86. The van der Waals surface area contributed by atoms with Crippen LogP contribution in [0.5, 0.6) is 0 Å². The lowest BCUT2D eigenvalue weighted by molar-refractivity contribution is -0.118. The molecule has 0 aliphatic rings. The first-order valence-corrected chi connectivity index (χ1v) is 9.92. The van der Waals surface area contributed by atoms with Crippen molar-refractivity contribution < 1.29 is 34.7 Å². The van der Waals surface area contributed by atoms with Crippen molar-refractivity contribution >= 4 is 20.2 Å². The summed E-state index contributed by atoms with van der Waals surface area (Å²) in [5.74, 6) is -0.167. The van der Waals surface area contributed by atoms with E-state index in [1.807, 2.05) is 0 Å². The predicted molar refractivity (Wildman–Crippen MR) is 76.7 cm³/mol. The Morgan fingerprint density at radius 3 is 1.95 bits per heavy atom. The molecule has 0 fully saturated rings. The molecule has 0 aromatic heterocycles. The molecule has 0 aromatic rings. The van der Waals surface area contributed by atoms with Crippen LogP contribution in [0.15, 0.2) is 0 Å². The molecule has 0 saturated heterocycles. The SMILES string of the molecule is COCO[C@H](CCOS(C)(=O)=O)[C@@H](OS(C)(=O)=O)C(C)C. The van der Waals surface area contributed by atoms with Crippen molar-refractivity contribution in [1.29, 1.82) is 0 Å². The van der Waals surface area contributed by atoms with Crippen LogP contribution in [0.1, 0.15) is 20.3 Å². The third kappa shape index (κ3) is 11.0. The van der Waals surface area contributed by atoms with E-state index in [0.29, 0.717) is 0 Å². The van der Waals surface area contributed by atoms with Gasteiger partial charge in [0.15, 0.2) is 0 Å². The number of methoxy groups -OCH3 is 1. The molecule has 0 rings (SSSR count). The monoisotopic (exact) mass is 348 g/mol. The Kier molecular flexibility index (Phi) is 8.90. The summed E-state index contributed by atoms with van der Waals surface area (Å²) < 4.78 is 64.4. The van der Waals surface area contributed by atoms with Crippen molar-refractivity contribution in [1.82, 2.24) is 0 Å². The highest BCUT2D eigenvalue weighted by Crippen LogP contribution is 2.19. The molecule has 0 aliphatic carbocycles. The Bertz CT molecular complexity index is 482. The van der Waals surface area contributed by atoms with Crippen LogP contribution in [0.3, 0.4) is 0 Å². The summed E-state index contributed by atoms with van der Waals surface area (Å²) in [5, 5.41) is 0. The highest BCUT2D eigenvalue weighted by atomic mass is 32.2. The van der Waals surface area contributed by atoms with Crippen molar-refractivity contribution in [2.24, 2.45) is 5.92 Å². The van der Waals surface area contributed by atoms with E-state index in [9.17, 15) is 16.8 Å². The standard InChI is InChI=1S/C11H24O8S2/c1-9(2)11(19-21(5,14)15)10(17-8-16-3)6-7-18-20(4,12)13/h9-11H,6-8H2,1-5H3/t10-,11+/m1/s1. The molecule has 0 amide bonds. The normalized spacial score (nSPS) is 16.1. The topological polar surface area (TPSA) is 105 Å². The molecule has 128 valence electrons. The first kappa shape index (κ1) is 20.7.